The van der Waals surface area contributed by atoms with E-state index in [1.165, 1.54) is 25.3 Å². The Kier molecular flexibility index (Phi) is 22.6. The molecule has 34 heteroatoms. The van der Waals surface area contributed by atoms with Gasteiger partial charge in [0.25, 0.3) is 22.2 Å². The first-order valence-corrected chi connectivity index (χ1v) is 40.9. The second-order valence-electron chi connectivity index (χ2n) is 30.6. The van der Waals surface area contributed by atoms with Crippen molar-refractivity contribution in [1.29, 1.82) is 0 Å². The van der Waals surface area contributed by atoms with Gasteiger partial charge >= 0.3 is 0 Å². The first-order valence-electron chi connectivity index (χ1n) is 40.9. The van der Waals surface area contributed by atoms with Crippen molar-refractivity contribution in [2.45, 2.75) is 59.3 Å². The van der Waals surface area contributed by atoms with Gasteiger partial charge in [-0.15, -0.1) is 0 Å². The van der Waals surface area contributed by atoms with Crippen LogP contribution in [0.4, 0.5) is 23.3 Å². The number of aryl methyl sites for hydroxylation is 3. The first kappa shape index (κ1) is 82.4. The van der Waals surface area contributed by atoms with E-state index >= 15 is 0 Å². The fourth-order valence-corrected chi connectivity index (χ4v) is 16.1. The zero-order chi connectivity index (χ0) is 87.6. The number of nitrogens with zero attached hydrogens (tertiary/aromatic N) is 22. The van der Waals surface area contributed by atoms with Gasteiger partial charge in [-0.05, 0) is 138 Å². The average Bonchev–Trinajstić information content (AvgIpc) is 1.32. The Bertz CT molecular complexity index is 7860. The number of hydrogen-bond acceptors (Lipinski definition) is 23. The van der Waals surface area contributed by atoms with Crippen LogP contribution in [-0.4, -0.2) is 127 Å². The Labute approximate surface area is 733 Å². The summed E-state index contributed by atoms with van der Waals surface area (Å²) in [5.74, 6) is 2.55. The van der Waals surface area contributed by atoms with E-state index in [1.54, 1.807) is 88.2 Å². The van der Waals surface area contributed by atoms with Gasteiger partial charge in [-0.2, -0.15) is 25.5 Å². The third-order valence-corrected chi connectivity index (χ3v) is 22.2. The number of imidazole rings is 3. The molecule has 22 rings (SSSR count). The molecule has 0 amide bonds. The number of H-pyrrole nitrogens is 4. The lowest BCUT2D eigenvalue weighted by molar-refractivity contribution is 0.767. The second-order valence-corrected chi connectivity index (χ2v) is 30.6. The molecule has 638 valence electrons. The molecule has 0 fully saturated rings. The highest BCUT2D eigenvalue weighted by molar-refractivity contribution is 6.00. The molecular formula is C95H84N30O4. The first-order chi connectivity index (χ1) is 62.5. The quantitative estimate of drug-likeness (QED) is 0.0395. The summed E-state index contributed by atoms with van der Waals surface area (Å²) in [6.07, 6.45) is 29.0. The molecule has 0 bridgehead atoms. The van der Waals surface area contributed by atoms with Crippen LogP contribution >= 0.6 is 0 Å². The Balaban J connectivity index is 0.000000116. The number of aromatic nitrogens is 26. The summed E-state index contributed by atoms with van der Waals surface area (Å²) < 4.78 is 12.2. The van der Waals surface area contributed by atoms with Crippen molar-refractivity contribution in [2.75, 3.05) is 21.3 Å². The molecule has 0 unspecified atom stereocenters. The number of pyridine rings is 5. The minimum absolute atomic E-state index is 0. The minimum Gasteiger partial charge on any atom is -0.360 e. The molecule has 34 nitrogen and oxygen atoms in total. The highest BCUT2D eigenvalue weighted by Crippen LogP contribution is 2.36. The van der Waals surface area contributed by atoms with Gasteiger partial charge in [0.05, 0.1) is 77.0 Å². The molecule has 0 aliphatic heterocycles. The molecule has 16 heterocycles. The molecule has 0 radical (unpaired) electrons. The number of aromatic amines is 4. The van der Waals surface area contributed by atoms with Crippen LogP contribution in [0.25, 0.3) is 132 Å². The van der Waals surface area contributed by atoms with E-state index in [2.05, 4.69) is 129 Å². The van der Waals surface area contributed by atoms with Gasteiger partial charge in [-0.25, -0.2) is 53.9 Å². The van der Waals surface area contributed by atoms with E-state index in [4.69, 9.17) is 0 Å². The molecule has 8 N–H and O–H groups in total. The maximum Gasteiger partial charge on any atom is 0.263 e. The predicted octanol–water partition coefficient (Wildman–Crippen LogP) is 15.4. The third kappa shape index (κ3) is 16.4. The number of hydrogen-bond donors (Lipinski definition) is 8. The Morgan fingerprint density at radius 3 is 1.26 bits per heavy atom. The average molecular weight is 1710 g/mol. The van der Waals surface area contributed by atoms with Crippen molar-refractivity contribution in [3.8, 4) is 55.9 Å². The van der Waals surface area contributed by atoms with E-state index < -0.39 is 0 Å². The van der Waals surface area contributed by atoms with Crippen LogP contribution in [-0.2, 0) is 21.1 Å². The number of para-hydroxylation sites is 2. The van der Waals surface area contributed by atoms with Crippen LogP contribution in [0.2, 0.25) is 0 Å². The monoisotopic (exact) mass is 1710 g/mol. The molecule has 0 spiro atoms. The fourth-order valence-electron chi connectivity index (χ4n) is 16.1. The zero-order valence-electron chi connectivity index (χ0n) is 69.9. The van der Waals surface area contributed by atoms with E-state index in [0.717, 1.165) is 117 Å². The number of anilines is 4. The summed E-state index contributed by atoms with van der Waals surface area (Å²) in [5.41, 5.74) is 15.5. The maximum atomic E-state index is 14.2. The minimum atomic E-state index is -0.259. The number of fused-ring (bicyclic) bond motifs is 8. The van der Waals surface area contributed by atoms with Crippen LogP contribution < -0.4 is 43.5 Å². The Morgan fingerprint density at radius 2 is 0.791 bits per heavy atom. The van der Waals surface area contributed by atoms with Crippen LogP contribution in [0.5, 0.6) is 0 Å². The summed E-state index contributed by atoms with van der Waals surface area (Å²) in [6.45, 7) is 7.97. The molecule has 22 aromatic rings. The highest BCUT2D eigenvalue weighted by Gasteiger charge is 2.25. The standard InChI is InChI=1S/C27H23N7O.C26H22N8O.C21H17N7O.C20H18N8O.CH4/c1-18(31-26-23-12-7-13-33(23)30-17-28-26)24-14-19-8-6-11-22(20-15-29-32(2)16-20)25(19)27(35)34(24)21-9-4-3-5-10-21;1-17(31-24-25-27-11-12-33(25)30-16-28-24)22-13-18-7-6-10-21(19-14-29-32(2)15-19)23(18)26(35)34(22)20-8-4-3-5-9-20;1-12(27-20-18-19(24-10-23-18)25-11-26-20)16-8-13-4-2-6-15(17(13)21(29)28-16)14-5-3-7-22-9-14;1-11(26-19-17-18(22-9-21-17)23-10-24-19)15-6-12-4-3-5-14(16(12)20(29)27-15)13-7-25-28(2)8-13;/h3-18H,1-2H3,(H,28,30,31);3-17H,1-2H3,(H,28,30,31);2-12H,1H3,(H,28,29)(H2,23,24,25,26,27);3-11H,1-2H3,(H,27,29)(H2,21,22,23,24,26);1H4/t18-;17-;12-;11-;/m0000./s1. The van der Waals surface area contributed by atoms with Gasteiger partial charge < -0.3 is 41.2 Å². The van der Waals surface area contributed by atoms with Gasteiger partial charge in [0, 0.05) is 127 Å². The largest absolute Gasteiger partial charge is 0.360 e. The van der Waals surface area contributed by atoms with Gasteiger partial charge in [0.1, 0.15) is 41.9 Å². The molecule has 0 aliphatic carbocycles. The summed E-state index contributed by atoms with van der Waals surface area (Å²) in [6, 6.07) is 57.9. The van der Waals surface area contributed by atoms with Gasteiger partial charge in [-0.1, -0.05) is 123 Å². The third-order valence-electron chi connectivity index (χ3n) is 22.2. The van der Waals surface area contributed by atoms with Crippen molar-refractivity contribution >= 4 is 99.9 Å². The predicted molar refractivity (Wildman–Crippen MR) is 500 cm³/mol. The van der Waals surface area contributed by atoms with Crippen LogP contribution in [0.15, 0.2) is 307 Å². The molecule has 129 heavy (non-hydrogen) atoms. The highest BCUT2D eigenvalue weighted by atomic mass is 16.1. The lowest BCUT2D eigenvalue weighted by Gasteiger charge is -2.22. The van der Waals surface area contributed by atoms with Crippen molar-refractivity contribution in [1.82, 2.24) is 127 Å². The molecule has 4 atom stereocenters. The molecular weight excluding hydrogens is 1630 g/mol. The smallest absolute Gasteiger partial charge is 0.263 e. The van der Waals surface area contributed by atoms with Crippen LogP contribution in [0, 0.1) is 0 Å². The Hall–Kier alpha value is -17.6. The summed E-state index contributed by atoms with van der Waals surface area (Å²) in [5, 5.41) is 40.9. The lowest BCUT2D eigenvalue weighted by Crippen LogP contribution is -2.26. The van der Waals surface area contributed by atoms with E-state index in [9.17, 15) is 19.2 Å². The maximum absolute atomic E-state index is 14.2. The van der Waals surface area contributed by atoms with E-state index in [1.807, 2.05) is 243 Å². The molecule has 0 aliphatic rings. The van der Waals surface area contributed by atoms with E-state index in [0.29, 0.717) is 61.8 Å². The van der Waals surface area contributed by atoms with E-state index in [-0.39, 0.29) is 53.8 Å². The molecule has 0 saturated heterocycles. The normalized spacial score (nSPS) is 12.2. The number of nitrogens with one attached hydrogen (secondary N) is 8. The Morgan fingerprint density at radius 1 is 0.357 bits per heavy atom. The summed E-state index contributed by atoms with van der Waals surface area (Å²) >= 11 is 0. The lowest BCUT2D eigenvalue weighted by atomic mass is 9.99. The van der Waals surface area contributed by atoms with Gasteiger partial charge in [-0.3, -0.25) is 47.3 Å². The molecule has 0 saturated carbocycles. The number of rotatable bonds is 18. The number of benzene rings is 6. The van der Waals surface area contributed by atoms with Crippen molar-refractivity contribution in [3.05, 3.63) is 352 Å². The zero-order valence-corrected chi connectivity index (χ0v) is 69.9. The molecule has 6 aromatic carbocycles. The van der Waals surface area contributed by atoms with Crippen molar-refractivity contribution in [2.24, 2.45) is 21.1 Å². The van der Waals surface area contributed by atoms with Gasteiger partial charge in [0.2, 0.25) is 0 Å². The van der Waals surface area contributed by atoms with Crippen molar-refractivity contribution in [3.63, 3.8) is 0 Å². The van der Waals surface area contributed by atoms with Crippen LogP contribution in [0.1, 0.15) is 82.1 Å². The fraction of sp³-hybridized carbons (Fsp3) is 0.126. The van der Waals surface area contributed by atoms with Crippen molar-refractivity contribution < 1.29 is 0 Å². The molecule has 16 aromatic heterocycles. The topological polar surface area (TPSA) is 406 Å². The van der Waals surface area contributed by atoms with Crippen LogP contribution in [0.3, 0.4) is 0 Å². The SMILES string of the molecule is C.C[C@H](Nc1ncnc2nc[nH]c12)c1cc2cccc(-c3cccnc3)c2c(=O)[nH]1.C[C@H](Nc1ncnc2nc[nH]c12)c1cc2cccc(-c3cnn(C)c3)c2c(=O)[nH]1.C[C@H](Nc1ncnn2cccc12)c1cc2cccc(-c3cnn(C)c3)c2c(=O)n1-c1ccccc1.C[C@H](Nc1ncnn2ccnc12)c1cc2cccc(-c3cnn(C)c3)c2c(=O)n1-c1ccccc1. The van der Waals surface area contributed by atoms with Gasteiger partial charge in [0.15, 0.2) is 40.2 Å². The summed E-state index contributed by atoms with van der Waals surface area (Å²) in [4.78, 5) is 109. The summed E-state index contributed by atoms with van der Waals surface area (Å²) in [7, 11) is 5.60. The second kappa shape index (κ2) is 35.3.